The minimum atomic E-state index is 0.347. The standard InChI is InChI=1S/C13H15BrN2S/c1-16(2)8-13(5-6-13)12-15-10-7-9(14)3-4-11(10)17-12/h3-4,7H,5-6,8H2,1-2H3. The fourth-order valence-corrected chi connectivity index (χ4v) is 3.85. The Bertz CT molecular complexity index is 558. The summed E-state index contributed by atoms with van der Waals surface area (Å²) in [5.74, 6) is 0. The maximum Gasteiger partial charge on any atom is 0.101 e. The second-order valence-corrected chi connectivity index (χ2v) is 7.10. The van der Waals surface area contributed by atoms with Gasteiger partial charge >= 0.3 is 0 Å². The van der Waals surface area contributed by atoms with E-state index in [0.717, 1.165) is 16.5 Å². The molecule has 1 aromatic heterocycles. The van der Waals surface area contributed by atoms with Crippen molar-refractivity contribution in [1.29, 1.82) is 0 Å². The third kappa shape index (κ3) is 2.14. The molecule has 0 bridgehead atoms. The van der Waals surface area contributed by atoms with Crippen LogP contribution in [0.5, 0.6) is 0 Å². The Morgan fingerprint density at radius 2 is 2.18 bits per heavy atom. The summed E-state index contributed by atoms with van der Waals surface area (Å²) in [4.78, 5) is 7.10. The predicted octanol–water partition coefficient (Wildman–Crippen LogP) is 3.65. The summed E-state index contributed by atoms with van der Waals surface area (Å²) in [7, 11) is 4.29. The van der Waals surface area contributed by atoms with Gasteiger partial charge in [0.15, 0.2) is 0 Å². The van der Waals surface area contributed by atoms with Crippen molar-refractivity contribution in [3.05, 3.63) is 27.7 Å². The van der Waals surface area contributed by atoms with Crippen molar-refractivity contribution < 1.29 is 0 Å². The Morgan fingerprint density at radius 1 is 1.41 bits per heavy atom. The Labute approximate surface area is 114 Å². The van der Waals surface area contributed by atoms with Crippen molar-refractivity contribution in [3.63, 3.8) is 0 Å². The molecule has 0 atom stereocenters. The molecular formula is C13H15BrN2S. The zero-order valence-electron chi connectivity index (χ0n) is 10.0. The summed E-state index contributed by atoms with van der Waals surface area (Å²) in [5.41, 5.74) is 1.48. The van der Waals surface area contributed by atoms with Crippen LogP contribution in [0.1, 0.15) is 17.8 Å². The van der Waals surface area contributed by atoms with Crippen molar-refractivity contribution in [2.45, 2.75) is 18.3 Å². The first-order valence-corrected chi connectivity index (χ1v) is 7.41. The fraction of sp³-hybridized carbons (Fsp3) is 0.462. The topological polar surface area (TPSA) is 16.1 Å². The zero-order chi connectivity index (χ0) is 12.0. The first kappa shape index (κ1) is 11.6. The zero-order valence-corrected chi connectivity index (χ0v) is 12.4. The number of nitrogens with zero attached hydrogens (tertiary/aromatic N) is 2. The van der Waals surface area contributed by atoms with Gasteiger partial charge in [0.1, 0.15) is 5.01 Å². The number of hydrogen-bond donors (Lipinski definition) is 0. The highest BCUT2D eigenvalue weighted by Gasteiger charge is 2.47. The third-order valence-electron chi connectivity index (χ3n) is 3.28. The van der Waals surface area contributed by atoms with Crippen LogP contribution in [0, 0.1) is 0 Å². The minimum Gasteiger partial charge on any atom is -0.308 e. The lowest BCUT2D eigenvalue weighted by Gasteiger charge is -2.17. The quantitative estimate of drug-likeness (QED) is 0.860. The Hall–Kier alpha value is -0.450. The van der Waals surface area contributed by atoms with Crippen LogP contribution in [0.3, 0.4) is 0 Å². The molecule has 4 heteroatoms. The molecule has 90 valence electrons. The van der Waals surface area contributed by atoms with Crippen molar-refractivity contribution in [2.24, 2.45) is 0 Å². The van der Waals surface area contributed by atoms with Gasteiger partial charge in [0.05, 0.1) is 10.2 Å². The van der Waals surface area contributed by atoms with E-state index in [0.29, 0.717) is 5.41 Å². The van der Waals surface area contributed by atoms with E-state index in [1.165, 1.54) is 22.5 Å². The fourth-order valence-electron chi connectivity index (χ4n) is 2.32. The maximum atomic E-state index is 4.82. The van der Waals surface area contributed by atoms with E-state index in [4.69, 9.17) is 4.98 Å². The molecule has 1 fully saturated rings. The van der Waals surface area contributed by atoms with E-state index in [-0.39, 0.29) is 0 Å². The molecule has 1 aromatic carbocycles. The molecule has 1 aliphatic carbocycles. The summed E-state index contributed by atoms with van der Waals surface area (Å²) in [6.07, 6.45) is 2.57. The molecule has 3 rings (SSSR count). The molecule has 0 saturated heterocycles. The van der Waals surface area contributed by atoms with E-state index < -0.39 is 0 Å². The Balaban J connectivity index is 2.01. The van der Waals surface area contributed by atoms with Crippen LogP contribution in [-0.4, -0.2) is 30.5 Å². The maximum absolute atomic E-state index is 4.82. The molecule has 17 heavy (non-hydrogen) atoms. The van der Waals surface area contributed by atoms with Crippen molar-refractivity contribution in [2.75, 3.05) is 20.6 Å². The highest BCUT2D eigenvalue weighted by atomic mass is 79.9. The highest BCUT2D eigenvalue weighted by molar-refractivity contribution is 9.10. The number of rotatable bonds is 3. The number of fused-ring (bicyclic) bond motifs is 1. The van der Waals surface area contributed by atoms with Gasteiger partial charge in [-0.2, -0.15) is 0 Å². The molecular weight excluding hydrogens is 296 g/mol. The van der Waals surface area contributed by atoms with Crippen LogP contribution < -0.4 is 0 Å². The number of hydrogen-bond acceptors (Lipinski definition) is 3. The van der Waals surface area contributed by atoms with Crippen LogP contribution >= 0.6 is 27.3 Å². The average molecular weight is 311 g/mol. The van der Waals surface area contributed by atoms with E-state index in [1.54, 1.807) is 0 Å². The van der Waals surface area contributed by atoms with Crippen molar-refractivity contribution in [1.82, 2.24) is 9.88 Å². The molecule has 1 saturated carbocycles. The second-order valence-electron chi connectivity index (χ2n) is 5.15. The van der Waals surface area contributed by atoms with E-state index in [9.17, 15) is 0 Å². The molecule has 0 spiro atoms. The van der Waals surface area contributed by atoms with Crippen LogP contribution in [0.2, 0.25) is 0 Å². The molecule has 0 radical (unpaired) electrons. The average Bonchev–Trinajstić information content (AvgIpc) is 2.90. The monoisotopic (exact) mass is 310 g/mol. The lowest BCUT2D eigenvalue weighted by molar-refractivity contribution is 0.362. The third-order valence-corrected chi connectivity index (χ3v) is 5.05. The summed E-state index contributed by atoms with van der Waals surface area (Å²) >= 11 is 5.36. The van der Waals surface area contributed by atoms with E-state index in [1.807, 2.05) is 11.3 Å². The molecule has 1 heterocycles. The van der Waals surface area contributed by atoms with Crippen LogP contribution in [0.25, 0.3) is 10.2 Å². The van der Waals surface area contributed by atoms with Crippen molar-refractivity contribution in [3.8, 4) is 0 Å². The summed E-state index contributed by atoms with van der Waals surface area (Å²) in [5, 5.41) is 1.32. The number of likely N-dealkylation sites (N-methyl/N-ethyl adjacent to an activating group) is 1. The molecule has 0 N–H and O–H groups in total. The number of benzene rings is 1. The van der Waals surface area contributed by atoms with Gasteiger partial charge in [0.25, 0.3) is 0 Å². The van der Waals surface area contributed by atoms with Gasteiger partial charge in [-0.15, -0.1) is 11.3 Å². The number of halogens is 1. The summed E-state index contributed by atoms with van der Waals surface area (Å²) in [6, 6.07) is 6.36. The largest absolute Gasteiger partial charge is 0.308 e. The van der Waals surface area contributed by atoms with Gasteiger partial charge in [-0.1, -0.05) is 15.9 Å². The predicted molar refractivity (Wildman–Crippen MR) is 76.8 cm³/mol. The molecule has 2 aromatic rings. The van der Waals surface area contributed by atoms with Gasteiger partial charge in [-0.25, -0.2) is 4.98 Å². The minimum absolute atomic E-state index is 0.347. The van der Waals surface area contributed by atoms with E-state index in [2.05, 4.69) is 53.1 Å². The summed E-state index contributed by atoms with van der Waals surface area (Å²) < 4.78 is 2.41. The summed E-state index contributed by atoms with van der Waals surface area (Å²) in [6.45, 7) is 1.12. The lowest BCUT2D eigenvalue weighted by Crippen LogP contribution is -2.25. The normalized spacial score (nSPS) is 17.9. The van der Waals surface area contributed by atoms with Crippen LogP contribution in [-0.2, 0) is 5.41 Å². The first-order valence-electron chi connectivity index (χ1n) is 5.80. The molecule has 0 aliphatic heterocycles. The van der Waals surface area contributed by atoms with Gasteiger partial charge in [0.2, 0.25) is 0 Å². The molecule has 1 aliphatic rings. The van der Waals surface area contributed by atoms with E-state index >= 15 is 0 Å². The first-order chi connectivity index (χ1) is 8.09. The van der Waals surface area contributed by atoms with Gasteiger partial charge in [-0.3, -0.25) is 0 Å². The van der Waals surface area contributed by atoms with Gasteiger partial charge < -0.3 is 4.90 Å². The number of aromatic nitrogens is 1. The van der Waals surface area contributed by atoms with Gasteiger partial charge in [0, 0.05) is 16.4 Å². The Kier molecular flexibility index (Phi) is 2.76. The number of thiazole rings is 1. The smallest absolute Gasteiger partial charge is 0.101 e. The Morgan fingerprint density at radius 3 is 2.82 bits per heavy atom. The highest BCUT2D eigenvalue weighted by Crippen LogP contribution is 2.50. The van der Waals surface area contributed by atoms with Gasteiger partial charge in [-0.05, 0) is 45.1 Å². The molecule has 0 unspecified atom stereocenters. The van der Waals surface area contributed by atoms with Crippen molar-refractivity contribution >= 4 is 37.5 Å². The second kappa shape index (κ2) is 4.04. The molecule has 0 amide bonds. The SMILES string of the molecule is CN(C)CC1(c2nc3cc(Br)ccc3s2)CC1. The van der Waals surface area contributed by atoms with Crippen LogP contribution in [0.15, 0.2) is 22.7 Å². The van der Waals surface area contributed by atoms with Crippen LogP contribution in [0.4, 0.5) is 0 Å². The molecule has 2 nitrogen and oxygen atoms in total. The lowest BCUT2D eigenvalue weighted by atomic mass is 10.1.